The van der Waals surface area contributed by atoms with Crippen LogP contribution >= 0.6 is 0 Å². The highest BCUT2D eigenvalue weighted by atomic mass is 16.6. The minimum Gasteiger partial charge on any atom is -0.459 e. The van der Waals surface area contributed by atoms with Gasteiger partial charge >= 0.3 is 5.97 Å². The van der Waals surface area contributed by atoms with Crippen molar-refractivity contribution >= 4 is 5.97 Å². The number of carbonyl (C=O) groups is 1. The largest absolute Gasteiger partial charge is 0.459 e. The molecule has 132 valence electrons. The molecule has 4 heteroatoms. The van der Waals surface area contributed by atoms with Crippen molar-refractivity contribution in [1.29, 1.82) is 0 Å². The average molecular weight is 324 g/mol. The van der Waals surface area contributed by atoms with E-state index in [1.807, 2.05) is 0 Å². The van der Waals surface area contributed by atoms with Crippen molar-refractivity contribution < 1.29 is 19.7 Å². The van der Waals surface area contributed by atoms with Crippen LogP contribution in [0.4, 0.5) is 0 Å². The van der Waals surface area contributed by atoms with E-state index in [2.05, 4.69) is 0 Å². The highest BCUT2D eigenvalue weighted by molar-refractivity contribution is 5.72. The molecular formula is C19H32O4. The van der Waals surface area contributed by atoms with Gasteiger partial charge in [-0.25, -0.2) is 0 Å². The molecule has 0 amide bonds. The van der Waals surface area contributed by atoms with Gasteiger partial charge in [-0.05, 0) is 82.5 Å². The van der Waals surface area contributed by atoms with Gasteiger partial charge in [-0.2, -0.15) is 0 Å². The number of hydrogen-bond acceptors (Lipinski definition) is 4. The predicted octanol–water partition coefficient (Wildman–Crippen LogP) is 3.19. The molecule has 3 aliphatic carbocycles. The third kappa shape index (κ3) is 4.48. The van der Waals surface area contributed by atoms with E-state index in [1.54, 1.807) is 0 Å². The van der Waals surface area contributed by atoms with Gasteiger partial charge in [0.15, 0.2) is 0 Å². The molecule has 3 fully saturated rings. The summed E-state index contributed by atoms with van der Waals surface area (Å²) in [5.41, 5.74) is 0. The number of ether oxygens (including phenoxy) is 1. The van der Waals surface area contributed by atoms with Gasteiger partial charge in [0.1, 0.15) is 6.10 Å². The molecule has 0 heterocycles. The van der Waals surface area contributed by atoms with Crippen LogP contribution in [0.2, 0.25) is 0 Å². The number of rotatable bonds is 3. The molecule has 2 atom stereocenters. The number of esters is 1. The van der Waals surface area contributed by atoms with Crippen LogP contribution in [-0.4, -0.2) is 34.5 Å². The van der Waals surface area contributed by atoms with Crippen LogP contribution < -0.4 is 0 Å². The molecular weight excluding hydrogens is 292 g/mol. The Labute approximate surface area is 139 Å². The van der Waals surface area contributed by atoms with Gasteiger partial charge in [0.05, 0.1) is 18.1 Å². The van der Waals surface area contributed by atoms with E-state index in [-0.39, 0.29) is 24.1 Å². The molecule has 0 aliphatic heterocycles. The summed E-state index contributed by atoms with van der Waals surface area (Å²) in [7, 11) is 0. The summed E-state index contributed by atoms with van der Waals surface area (Å²) < 4.78 is 5.62. The van der Waals surface area contributed by atoms with Gasteiger partial charge in [-0.1, -0.05) is 6.42 Å². The zero-order valence-corrected chi connectivity index (χ0v) is 14.2. The Kier molecular flexibility index (Phi) is 5.97. The van der Waals surface area contributed by atoms with E-state index in [0.29, 0.717) is 0 Å². The fraction of sp³-hybridized carbons (Fsp3) is 0.947. The normalized spacial score (nSPS) is 42.2. The summed E-state index contributed by atoms with van der Waals surface area (Å²) in [5, 5.41) is 19.6. The standard InChI is InChI=1S/C19H32O4/c20-16-11-9-14(10-12-16)13-5-7-15(8-6-13)19(22)23-18-4-2-1-3-17(18)21/h13-18,20-21H,1-12H2. The lowest BCUT2D eigenvalue weighted by atomic mass is 9.70. The van der Waals surface area contributed by atoms with Crippen molar-refractivity contribution in [2.24, 2.45) is 17.8 Å². The lowest BCUT2D eigenvalue weighted by Gasteiger charge is -2.37. The van der Waals surface area contributed by atoms with Crippen molar-refractivity contribution in [1.82, 2.24) is 0 Å². The maximum absolute atomic E-state index is 12.4. The lowest BCUT2D eigenvalue weighted by Crippen LogP contribution is -2.37. The summed E-state index contributed by atoms with van der Waals surface area (Å²) in [5.74, 6) is 1.44. The lowest BCUT2D eigenvalue weighted by molar-refractivity contribution is -0.164. The Morgan fingerprint density at radius 2 is 1.30 bits per heavy atom. The minimum atomic E-state index is -0.460. The quantitative estimate of drug-likeness (QED) is 0.783. The highest BCUT2D eigenvalue weighted by Crippen LogP contribution is 2.40. The van der Waals surface area contributed by atoms with Crippen molar-refractivity contribution in [2.45, 2.75) is 95.4 Å². The van der Waals surface area contributed by atoms with Crippen LogP contribution in [0, 0.1) is 17.8 Å². The van der Waals surface area contributed by atoms with E-state index in [9.17, 15) is 15.0 Å². The third-order valence-electron chi connectivity index (χ3n) is 6.45. The highest BCUT2D eigenvalue weighted by Gasteiger charge is 2.35. The Morgan fingerprint density at radius 1 is 0.739 bits per heavy atom. The van der Waals surface area contributed by atoms with Crippen LogP contribution in [0.25, 0.3) is 0 Å². The molecule has 2 N–H and O–H groups in total. The fourth-order valence-electron chi connectivity index (χ4n) is 4.86. The molecule has 2 unspecified atom stereocenters. The molecule has 0 spiro atoms. The van der Waals surface area contributed by atoms with Crippen LogP contribution in [-0.2, 0) is 9.53 Å². The molecule has 0 bridgehead atoms. The zero-order valence-electron chi connectivity index (χ0n) is 14.2. The van der Waals surface area contributed by atoms with Gasteiger partial charge in [-0.15, -0.1) is 0 Å². The first kappa shape index (κ1) is 17.2. The molecule has 0 aromatic rings. The van der Waals surface area contributed by atoms with E-state index in [4.69, 9.17) is 4.74 Å². The van der Waals surface area contributed by atoms with Gasteiger partial charge in [0.25, 0.3) is 0 Å². The molecule has 0 aromatic carbocycles. The number of aliphatic hydroxyl groups excluding tert-OH is 2. The van der Waals surface area contributed by atoms with E-state index >= 15 is 0 Å². The SMILES string of the molecule is O=C(OC1CCCCC1O)C1CCC(C2CCC(O)CC2)CC1. The number of aliphatic hydroxyl groups is 2. The van der Waals surface area contributed by atoms with Crippen molar-refractivity contribution in [3.63, 3.8) is 0 Å². The molecule has 0 radical (unpaired) electrons. The maximum Gasteiger partial charge on any atom is 0.309 e. The summed E-state index contributed by atoms with van der Waals surface area (Å²) in [6, 6.07) is 0. The molecule has 0 aromatic heterocycles. The average Bonchev–Trinajstić information content (AvgIpc) is 2.58. The summed E-state index contributed by atoms with van der Waals surface area (Å²) in [6.07, 6.45) is 11.2. The Balaban J connectivity index is 1.42. The van der Waals surface area contributed by atoms with Gasteiger partial charge in [0, 0.05) is 0 Å². The molecule has 4 nitrogen and oxygen atoms in total. The molecule has 3 rings (SSSR count). The minimum absolute atomic E-state index is 0.0366. The van der Waals surface area contributed by atoms with Crippen molar-refractivity contribution in [2.75, 3.05) is 0 Å². The van der Waals surface area contributed by atoms with Crippen molar-refractivity contribution in [3.05, 3.63) is 0 Å². The van der Waals surface area contributed by atoms with E-state index < -0.39 is 6.10 Å². The Hall–Kier alpha value is -0.610. The number of hydrogen-bond donors (Lipinski definition) is 2. The van der Waals surface area contributed by atoms with Crippen molar-refractivity contribution in [3.8, 4) is 0 Å². The number of carbonyl (C=O) groups excluding carboxylic acids is 1. The summed E-state index contributed by atoms with van der Waals surface area (Å²) >= 11 is 0. The van der Waals surface area contributed by atoms with E-state index in [1.165, 1.54) is 0 Å². The smallest absolute Gasteiger partial charge is 0.309 e. The second-order valence-corrected chi connectivity index (χ2v) is 8.01. The second-order valence-electron chi connectivity index (χ2n) is 8.01. The molecule has 3 saturated carbocycles. The fourth-order valence-corrected chi connectivity index (χ4v) is 4.86. The monoisotopic (exact) mass is 324 g/mol. The molecule has 23 heavy (non-hydrogen) atoms. The van der Waals surface area contributed by atoms with Crippen LogP contribution in [0.1, 0.15) is 77.0 Å². The summed E-state index contributed by atoms with van der Waals surface area (Å²) in [4.78, 5) is 12.4. The van der Waals surface area contributed by atoms with Gasteiger partial charge < -0.3 is 14.9 Å². The zero-order chi connectivity index (χ0) is 16.2. The first-order chi connectivity index (χ1) is 11.1. The second kappa shape index (κ2) is 7.98. The Morgan fingerprint density at radius 3 is 1.91 bits per heavy atom. The Bertz CT molecular complexity index is 381. The van der Waals surface area contributed by atoms with Crippen LogP contribution in [0.3, 0.4) is 0 Å². The molecule has 0 saturated heterocycles. The van der Waals surface area contributed by atoms with E-state index in [0.717, 1.165) is 88.9 Å². The predicted molar refractivity (Wildman–Crippen MR) is 87.8 cm³/mol. The van der Waals surface area contributed by atoms with Gasteiger partial charge in [-0.3, -0.25) is 4.79 Å². The topological polar surface area (TPSA) is 66.8 Å². The molecule has 3 aliphatic rings. The van der Waals surface area contributed by atoms with Crippen LogP contribution in [0.15, 0.2) is 0 Å². The van der Waals surface area contributed by atoms with Gasteiger partial charge in [0.2, 0.25) is 0 Å². The summed E-state index contributed by atoms with van der Waals surface area (Å²) in [6.45, 7) is 0. The third-order valence-corrected chi connectivity index (χ3v) is 6.45. The van der Waals surface area contributed by atoms with Crippen LogP contribution in [0.5, 0.6) is 0 Å². The first-order valence-electron chi connectivity index (χ1n) is 9.70. The first-order valence-corrected chi connectivity index (χ1v) is 9.70. The maximum atomic E-state index is 12.4.